The lowest BCUT2D eigenvalue weighted by Gasteiger charge is -2.17. The van der Waals surface area contributed by atoms with Gasteiger partial charge in [0.15, 0.2) is 0 Å². The molecule has 1 aromatic heterocycles. The maximum atomic E-state index is 13.6. The maximum Gasteiger partial charge on any atom is 0.128 e. The highest BCUT2D eigenvalue weighted by Crippen LogP contribution is 2.19. The first-order valence-corrected chi connectivity index (χ1v) is 6.49. The third-order valence-corrected chi connectivity index (χ3v) is 3.55. The fourth-order valence-corrected chi connectivity index (χ4v) is 2.39. The zero-order chi connectivity index (χ0) is 13.0. The summed E-state index contributed by atoms with van der Waals surface area (Å²) in [5.41, 5.74) is 5.89. The first-order valence-electron chi connectivity index (χ1n) is 5.61. The summed E-state index contributed by atoms with van der Waals surface area (Å²) in [5.74, 6) is -0.895. The van der Waals surface area contributed by atoms with Gasteiger partial charge in [0.1, 0.15) is 11.6 Å². The van der Waals surface area contributed by atoms with Gasteiger partial charge in [-0.2, -0.15) is 0 Å². The van der Waals surface area contributed by atoms with Crippen LogP contribution in [-0.2, 0) is 6.54 Å². The lowest BCUT2D eigenvalue weighted by molar-refractivity contribution is 0.500. The number of nitrogens with two attached hydrogens (primary N) is 1. The Balaban J connectivity index is 2.10. The molecule has 0 saturated heterocycles. The van der Waals surface area contributed by atoms with Crippen molar-refractivity contribution in [1.82, 2.24) is 5.32 Å². The minimum Gasteiger partial charge on any atom is -0.329 e. The minimum absolute atomic E-state index is 0.214. The van der Waals surface area contributed by atoms with Gasteiger partial charge in [0.25, 0.3) is 0 Å². The fraction of sp³-hybridized carbons (Fsp3) is 0.231. The molecule has 1 heterocycles. The second-order valence-corrected chi connectivity index (χ2v) is 4.95. The van der Waals surface area contributed by atoms with Gasteiger partial charge >= 0.3 is 0 Å². The SMILES string of the molecule is NCC(NCc1cccs1)c1cc(F)ccc1F. The van der Waals surface area contributed by atoms with Crippen LogP contribution in [0.3, 0.4) is 0 Å². The molecule has 2 rings (SSSR count). The maximum absolute atomic E-state index is 13.6. The van der Waals surface area contributed by atoms with E-state index < -0.39 is 11.6 Å². The predicted octanol–water partition coefficient (Wildman–Crippen LogP) is 2.82. The normalized spacial score (nSPS) is 12.6. The molecule has 0 fully saturated rings. The van der Waals surface area contributed by atoms with Crippen molar-refractivity contribution in [3.63, 3.8) is 0 Å². The molecule has 1 aromatic carbocycles. The molecule has 0 amide bonds. The van der Waals surface area contributed by atoms with Crippen molar-refractivity contribution >= 4 is 11.3 Å². The largest absolute Gasteiger partial charge is 0.329 e. The molecule has 3 N–H and O–H groups in total. The number of hydrogen-bond acceptors (Lipinski definition) is 3. The van der Waals surface area contributed by atoms with Gasteiger partial charge in [-0.05, 0) is 29.6 Å². The molecule has 0 radical (unpaired) electrons. The van der Waals surface area contributed by atoms with E-state index in [0.717, 1.165) is 17.0 Å². The van der Waals surface area contributed by atoms with E-state index in [2.05, 4.69) is 5.32 Å². The third-order valence-electron chi connectivity index (χ3n) is 2.67. The summed E-state index contributed by atoms with van der Waals surface area (Å²) in [6.45, 7) is 0.807. The highest BCUT2D eigenvalue weighted by atomic mass is 32.1. The highest BCUT2D eigenvalue weighted by Gasteiger charge is 2.14. The first kappa shape index (κ1) is 13.1. The van der Waals surface area contributed by atoms with Crippen molar-refractivity contribution in [1.29, 1.82) is 0 Å². The Kier molecular flexibility index (Phi) is 4.41. The van der Waals surface area contributed by atoms with E-state index in [1.165, 1.54) is 6.07 Å². The van der Waals surface area contributed by atoms with Crippen molar-refractivity contribution in [2.75, 3.05) is 6.54 Å². The quantitative estimate of drug-likeness (QED) is 0.875. The first-order chi connectivity index (χ1) is 8.70. The van der Waals surface area contributed by atoms with Crippen LogP contribution in [0.2, 0.25) is 0 Å². The van der Waals surface area contributed by atoms with E-state index >= 15 is 0 Å². The standard InChI is InChI=1S/C13H14F2N2S/c14-9-3-4-12(15)11(6-9)13(7-16)17-8-10-2-1-5-18-10/h1-6,13,17H,7-8,16H2. The van der Waals surface area contributed by atoms with Crippen LogP contribution < -0.4 is 11.1 Å². The molecule has 96 valence electrons. The van der Waals surface area contributed by atoms with Crippen LogP contribution in [0.5, 0.6) is 0 Å². The van der Waals surface area contributed by atoms with Crippen LogP contribution in [0.25, 0.3) is 0 Å². The van der Waals surface area contributed by atoms with Gasteiger partial charge < -0.3 is 11.1 Å². The summed E-state index contributed by atoms with van der Waals surface area (Å²) in [6, 6.07) is 6.96. The van der Waals surface area contributed by atoms with Gasteiger partial charge in [-0.1, -0.05) is 6.07 Å². The fourth-order valence-electron chi connectivity index (χ4n) is 1.74. The van der Waals surface area contributed by atoms with Gasteiger partial charge in [-0.15, -0.1) is 11.3 Å². The highest BCUT2D eigenvalue weighted by molar-refractivity contribution is 7.09. The molecule has 0 aliphatic carbocycles. The van der Waals surface area contributed by atoms with Crippen LogP contribution in [0.15, 0.2) is 35.7 Å². The van der Waals surface area contributed by atoms with Crippen molar-refractivity contribution in [3.05, 3.63) is 57.8 Å². The number of nitrogens with one attached hydrogen (secondary N) is 1. The second kappa shape index (κ2) is 6.04. The number of hydrogen-bond donors (Lipinski definition) is 2. The Morgan fingerprint density at radius 3 is 2.78 bits per heavy atom. The number of rotatable bonds is 5. The summed E-state index contributed by atoms with van der Waals surface area (Å²) in [7, 11) is 0. The lowest BCUT2D eigenvalue weighted by atomic mass is 10.1. The zero-order valence-electron chi connectivity index (χ0n) is 9.70. The average Bonchev–Trinajstić information content (AvgIpc) is 2.87. The van der Waals surface area contributed by atoms with Gasteiger partial charge in [0.05, 0.1) is 0 Å². The molecular weight excluding hydrogens is 254 g/mol. The lowest BCUT2D eigenvalue weighted by Crippen LogP contribution is -2.28. The van der Waals surface area contributed by atoms with E-state index in [1.54, 1.807) is 11.3 Å². The molecule has 0 saturated carbocycles. The van der Waals surface area contributed by atoms with Crippen molar-refractivity contribution in [2.45, 2.75) is 12.6 Å². The molecule has 0 bridgehead atoms. The molecule has 1 atom stereocenters. The monoisotopic (exact) mass is 268 g/mol. The van der Waals surface area contributed by atoms with Gasteiger partial charge in [-0.3, -0.25) is 0 Å². The van der Waals surface area contributed by atoms with Crippen LogP contribution in [0, 0.1) is 11.6 Å². The molecule has 5 heteroatoms. The van der Waals surface area contributed by atoms with Crippen LogP contribution in [0.4, 0.5) is 8.78 Å². The Labute approximate surface area is 108 Å². The predicted molar refractivity (Wildman–Crippen MR) is 69.3 cm³/mol. The van der Waals surface area contributed by atoms with E-state index in [0.29, 0.717) is 6.54 Å². The molecule has 0 spiro atoms. The van der Waals surface area contributed by atoms with Gasteiger partial charge in [-0.25, -0.2) is 8.78 Å². The molecular formula is C13H14F2N2S. The molecule has 2 aromatic rings. The Hall–Kier alpha value is -1.30. The smallest absolute Gasteiger partial charge is 0.128 e. The minimum atomic E-state index is -0.456. The van der Waals surface area contributed by atoms with Gasteiger partial charge in [0.2, 0.25) is 0 Å². The number of thiophene rings is 1. The molecule has 1 unspecified atom stereocenters. The summed E-state index contributed by atoms with van der Waals surface area (Å²) in [6.07, 6.45) is 0. The van der Waals surface area contributed by atoms with Crippen LogP contribution >= 0.6 is 11.3 Å². The number of benzene rings is 1. The second-order valence-electron chi connectivity index (χ2n) is 3.91. The summed E-state index contributed by atoms with van der Waals surface area (Å²) in [5, 5.41) is 5.10. The van der Waals surface area contributed by atoms with E-state index in [9.17, 15) is 8.78 Å². The summed E-state index contributed by atoms with van der Waals surface area (Å²) in [4.78, 5) is 1.13. The molecule has 2 nitrogen and oxygen atoms in total. The van der Waals surface area contributed by atoms with E-state index in [-0.39, 0.29) is 18.2 Å². The van der Waals surface area contributed by atoms with E-state index in [4.69, 9.17) is 5.73 Å². The van der Waals surface area contributed by atoms with Crippen molar-refractivity contribution in [3.8, 4) is 0 Å². The topological polar surface area (TPSA) is 38.0 Å². The third kappa shape index (κ3) is 3.13. The average molecular weight is 268 g/mol. The van der Waals surface area contributed by atoms with Crippen molar-refractivity contribution in [2.24, 2.45) is 5.73 Å². The summed E-state index contributed by atoms with van der Waals surface area (Å²) < 4.78 is 26.7. The summed E-state index contributed by atoms with van der Waals surface area (Å²) >= 11 is 1.61. The Bertz CT molecular complexity index is 500. The molecule has 0 aliphatic heterocycles. The molecule has 0 aliphatic rings. The zero-order valence-corrected chi connectivity index (χ0v) is 10.5. The molecule has 18 heavy (non-hydrogen) atoms. The van der Waals surface area contributed by atoms with E-state index in [1.807, 2.05) is 17.5 Å². The Morgan fingerprint density at radius 2 is 2.11 bits per heavy atom. The van der Waals surface area contributed by atoms with Crippen molar-refractivity contribution < 1.29 is 8.78 Å². The Morgan fingerprint density at radius 1 is 1.28 bits per heavy atom. The van der Waals surface area contributed by atoms with Gasteiger partial charge in [0, 0.05) is 29.6 Å². The number of halogens is 2. The van der Waals surface area contributed by atoms with Crippen LogP contribution in [0.1, 0.15) is 16.5 Å². The van der Waals surface area contributed by atoms with Crippen LogP contribution in [-0.4, -0.2) is 6.54 Å².